The molecule has 1 N–H and O–H groups in total. The van der Waals surface area contributed by atoms with Crippen LogP contribution < -0.4 is 4.90 Å². The Kier molecular flexibility index (Phi) is 4.16. The van der Waals surface area contributed by atoms with E-state index in [0.29, 0.717) is 19.6 Å². The minimum atomic E-state index is -4.62. The van der Waals surface area contributed by atoms with Gasteiger partial charge in [-0.25, -0.2) is 9.78 Å². The summed E-state index contributed by atoms with van der Waals surface area (Å²) < 4.78 is 50.8. The van der Waals surface area contributed by atoms with Crippen LogP contribution in [0.1, 0.15) is 22.5 Å². The lowest BCUT2D eigenvalue weighted by atomic mass is 9.84. The Bertz CT molecular complexity index is 652. The maximum absolute atomic E-state index is 13.3. The minimum Gasteiger partial charge on any atom is -0.477 e. The molecule has 0 unspecified atom stereocenters. The highest BCUT2D eigenvalue weighted by molar-refractivity contribution is 5.86. The number of aromatic nitrogens is 1. The van der Waals surface area contributed by atoms with Gasteiger partial charge >= 0.3 is 12.1 Å². The van der Waals surface area contributed by atoms with Crippen molar-refractivity contribution in [1.29, 1.82) is 0 Å². The number of anilines is 1. The van der Waals surface area contributed by atoms with Crippen LogP contribution in [0.5, 0.6) is 0 Å². The van der Waals surface area contributed by atoms with E-state index in [2.05, 4.69) is 4.98 Å². The molecule has 2 aliphatic heterocycles. The normalized spacial score (nSPS) is 26.7. The van der Waals surface area contributed by atoms with Gasteiger partial charge < -0.3 is 19.5 Å². The molecule has 24 heavy (non-hydrogen) atoms. The molecule has 3 rings (SSSR count). The lowest BCUT2D eigenvalue weighted by Gasteiger charge is -2.27. The number of carbonyl (C=O) groups is 1. The number of fused-ring (bicyclic) bond motifs is 1. The van der Waals surface area contributed by atoms with Gasteiger partial charge in [0.1, 0.15) is 5.82 Å². The number of aromatic carboxylic acids is 1. The second-order valence-corrected chi connectivity index (χ2v) is 6.16. The molecule has 0 spiro atoms. The third-order valence-corrected chi connectivity index (χ3v) is 4.62. The first-order chi connectivity index (χ1) is 11.3. The Morgan fingerprint density at radius 2 is 2.29 bits per heavy atom. The van der Waals surface area contributed by atoms with Crippen molar-refractivity contribution in [3.8, 4) is 0 Å². The number of carboxylic acids is 1. The van der Waals surface area contributed by atoms with Gasteiger partial charge in [0.25, 0.3) is 0 Å². The van der Waals surface area contributed by atoms with Crippen molar-refractivity contribution in [3.63, 3.8) is 0 Å². The van der Waals surface area contributed by atoms with Crippen molar-refractivity contribution in [2.75, 3.05) is 38.3 Å². The summed E-state index contributed by atoms with van der Waals surface area (Å²) in [4.78, 5) is 16.3. The number of ether oxygens (including phenoxy) is 2. The fourth-order valence-corrected chi connectivity index (χ4v) is 3.50. The maximum atomic E-state index is 13.3. The molecule has 1 aromatic rings. The summed E-state index contributed by atoms with van der Waals surface area (Å²) in [6.45, 7) is 1.41. The molecule has 1 aromatic heterocycles. The van der Waals surface area contributed by atoms with Crippen LogP contribution in [0.4, 0.5) is 19.0 Å². The SMILES string of the molecule is COC[C@]12CCO[C@H]1CN(c1nc(C(=O)O)ccc1C(F)(F)F)C2. The third kappa shape index (κ3) is 2.82. The Labute approximate surface area is 136 Å². The topological polar surface area (TPSA) is 71.9 Å². The quantitative estimate of drug-likeness (QED) is 0.900. The zero-order chi connectivity index (χ0) is 17.5. The number of pyridine rings is 1. The van der Waals surface area contributed by atoms with Gasteiger partial charge in [0, 0.05) is 32.2 Å². The molecular formula is C15H17F3N2O4. The Balaban J connectivity index is 1.99. The first-order valence-electron chi connectivity index (χ1n) is 7.44. The molecule has 0 radical (unpaired) electrons. The van der Waals surface area contributed by atoms with Crippen LogP contribution in [0, 0.1) is 5.41 Å². The molecule has 2 atom stereocenters. The molecule has 132 valence electrons. The van der Waals surface area contributed by atoms with Gasteiger partial charge in [0.2, 0.25) is 0 Å². The first-order valence-corrected chi connectivity index (χ1v) is 7.44. The minimum absolute atomic E-state index is 0.225. The van der Waals surface area contributed by atoms with E-state index in [1.165, 1.54) is 12.0 Å². The van der Waals surface area contributed by atoms with Gasteiger partial charge in [-0.15, -0.1) is 0 Å². The third-order valence-electron chi connectivity index (χ3n) is 4.62. The molecular weight excluding hydrogens is 329 g/mol. The summed E-state index contributed by atoms with van der Waals surface area (Å²) in [6.07, 6.45) is -4.19. The number of hydrogen-bond donors (Lipinski definition) is 1. The number of halogens is 3. The zero-order valence-corrected chi connectivity index (χ0v) is 13.0. The van der Waals surface area contributed by atoms with Crippen LogP contribution in [-0.4, -0.2) is 55.6 Å². The number of hydrogen-bond acceptors (Lipinski definition) is 5. The van der Waals surface area contributed by atoms with Crippen LogP contribution in [0.15, 0.2) is 12.1 Å². The molecule has 2 fully saturated rings. The molecule has 0 bridgehead atoms. The van der Waals surface area contributed by atoms with Crippen molar-refractivity contribution in [3.05, 3.63) is 23.4 Å². The fraction of sp³-hybridized carbons (Fsp3) is 0.600. The first kappa shape index (κ1) is 17.0. The number of rotatable bonds is 4. The fourth-order valence-electron chi connectivity index (χ4n) is 3.50. The molecule has 2 aliphatic rings. The zero-order valence-electron chi connectivity index (χ0n) is 13.0. The van der Waals surface area contributed by atoms with Crippen molar-refractivity contribution in [2.45, 2.75) is 18.7 Å². The van der Waals surface area contributed by atoms with E-state index in [9.17, 15) is 18.0 Å². The summed E-state index contributed by atoms with van der Waals surface area (Å²) in [5.41, 5.74) is -1.75. The summed E-state index contributed by atoms with van der Waals surface area (Å²) in [5.74, 6) is -1.73. The second-order valence-electron chi connectivity index (χ2n) is 6.16. The van der Waals surface area contributed by atoms with Crippen molar-refractivity contribution < 1.29 is 32.5 Å². The number of methoxy groups -OCH3 is 1. The number of carboxylic acid groups (broad SMARTS) is 1. The van der Waals surface area contributed by atoms with Gasteiger partial charge in [0.15, 0.2) is 5.69 Å². The Hall–Kier alpha value is -1.87. The average Bonchev–Trinajstić information content (AvgIpc) is 3.02. The van der Waals surface area contributed by atoms with Gasteiger partial charge in [0.05, 0.1) is 18.3 Å². The van der Waals surface area contributed by atoms with E-state index >= 15 is 0 Å². The lowest BCUT2D eigenvalue weighted by Crippen LogP contribution is -2.35. The summed E-state index contributed by atoms with van der Waals surface area (Å²) in [6, 6.07) is 1.64. The van der Waals surface area contributed by atoms with E-state index in [1.54, 1.807) is 0 Å². The smallest absolute Gasteiger partial charge is 0.419 e. The highest BCUT2D eigenvalue weighted by Gasteiger charge is 2.52. The van der Waals surface area contributed by atoms with Crippen LogP contribution in [0.2, 0.25) is 0 Å². The molecule has 3 heterocycles. The predicted molar refractivity (Wildman–Crippen MR) is 77.1 cm³/mol. The van der Waals surface area contributed by atoms with Crippen LogP contribution in [-0.2, 0) is 15.7 Å². The molecule has 9 heteroatoms. The van der Waals surface area contributed by atoms with Crippen molar-refractivity contribution in [1.82, 2.24) is 4.98 Å². The second kappa shape index (κ2) is 5.89. The molecule has 0 aliphatic carbocycles. The van der Waals surface area contributed by atoms with Crippen molar-refractivity contribution >= 4 is 11.8 Å². The molecule has 2 saturated heterocycles. The van der Waals surface area contributed by atoms with Crippen molar-refractivity contribution in [2.24, 2.45) is 5.41 Å². The summed E-state index contributed by atoms with van der Waals surface area (Å²) in [5, 5.41) is 9.04. The van der Waals surface area contributed by atoms with Gasteiger partial charge in [-0.05, 0) is 18.6 Å². The lowest BCUT2D eigenvalue weighted by molar-refractivity contribution is -0.137. The Morgan fingerprint density at radius 3 is 2.92 bits per heavy atom. The van der Waals surface area contributed by atoms with Crippen LogP contribution >= 0.6 is 0 Å². The van der Waals surface area contributed by atoms with Gasteiger partial charge in [-0.3, -0.25) is 0 Å². The number of nitrogens with zero attached hydrogens (tertiary/aromatic N) is 2. The Morgan fingerprint density at radius 1 is 1.54 bits per heavy atom. The standard InChI is InChI=1S/C15H17F3N2O4/c1-23-8-14-4-5-24-11(14)6-20(7-14)12-9(15(16,17)18)2-3-10(19-12)13(21)22/h2-3,11H,4-8H2,1H3,(H,21,22)/t11-,14+/m0/s1. The highest BCUT2D eigenvalue weighted by Crippen LogP contribution is 2.45. The monoisotopic (exact) mass is 346 g/mol. The van der Waals surface area contributed by atoms with E-state index in [-0.39, 0.29) is 25.0 Å². The summed E-state index contributed by atoms with van der Waals surface area (Å²) in [7, 11) is 1.54. The van der Waals surface area contributed by atoms with E-state index in [4.69, 9.17) is 14.6 Å². The predicted octanol–water partition coefficient (Wildman–Crippen LogP) is 2.04. The van der Waals surface area contributed by atoms with Crippen LogP contribution in [0.3, 0.4) is 0 Å². The number of alkyl halides is 3. The van der Waals surface area contributed by atoms with E-state index < -0.39 is 28.8 Å². The summed E-state index contributed by atoms with van der Waals surface area (Å²) >= 11 is 0. The molecule has 0 aromatic carbocycles. The largest absolute Gasteiger partial charge is 0.477 e. The van der Waals surface area contributed by atoms with Gasteiger partial charge in [-0.2, -0.15) is 13.2 Å². The van der Waals surface area contributed by atoms with Gasteiger partial charge in [-0.1, -0.05) is 0 Å². The van der Waals surface area contributed by atoms with E-state index in [0.717, 1.165) is 12.1 Å². The molecule has 6 nitrogen and oxygen atoms in total. The van der Waals surface area contributed by atoms with Crippen LogP contribution in [0.25, 0.3) is 0 Å². The highest BCUT2D eigenvalue weighted by atomic mass is 19.4. The maximum Gasteiger partial charge on any atom is 0.419 e. The average molecular weight is 346 g/mol. The van der Waals surface area contributed by atoms with E-state index in [1.807, 2.05) is 0 Å². The molecule has 0 saturated carbocycles. The molecule has 0 amide bonds.